The summed E-state index contributed by atoms with van der Waals surface area (Å²) in [6, 6.07) is 4.71. The summed E-state index contributed by atoms with van der Waals surface area (Å²) < 4.78 is 0. The molecule has 0 aliphatic rings. The minimum atomic E-state index is -1.09. The van der Waals surface area contributed by atoms with Crippen molar-refractivity contribution in [1.29, 1.82) is 0 Å². The highest BCUT2D eigenvalue weighted by Crippen LogP contribution is 2.12. The Morgan fingerprint density at radius 2 is 2.00 bits per heavy atom. The van der Waals surface area contributed by atoms with Crippen molar-refractivity contribution in [2.45, 2.75) is 19.4 Å². The highest BCUT2D eigenvalue weighted by atomic mass is 16.6. The van der Waals surface area contributed by atoms with Crippen LogP contribution in [-0.2, 0) is 9.59 Å². The van der Waals surface area contributed by atoms with Gasteiger partial charge in [0.25, 0.3) is 5.69 Å². The number of carboxylic acids is 1. The fraction of sp³-hybridized carbons (Fsp3) is 0.231. The number of non-ortho nitro benzene ring substituents is 1. The predicted octanol–water partition coefficient (Wildman–Crippen LogP) is 1.59. The van der Waals surface area contributed by atoms with Crippen LogP contribution in [-0.4, -0.2) is 27.9 Å². The molecule has 1 aromatic rings. The first-order chi connectivity index (χ1) is 9.43. The summed E-state index contributed by atoms with van der Waals surface area (Å²) in [6.45, 7) is 1.65. The lowest BCUT2D eigenvalue weighted by Gasteiger charge is -2.09. The molecule has 0 unspecified atom stereocenters. The van der Waals surface area contributed by atoms with Gasteiger partial charge in [0.1, 0.15) is 6.04 Å². The highest BCUT2D eigenvalue weighted by molar-refractivity contribution is 5.94. The second kappa shape index (κ2) is 7.03. The summed E-state index contributed by atoms with van der Waals surface area (Å²) in [5.41, 5.74) is 0.567. The number of benzene rings is 1. The van der Waals surface area contributed by atoms with Crippen LogP contribution in [0.5, 0.6) is 0 Å². The maximum atomic E-state index is 11.5. The zero-order chi connectivity index (χ0) is 15.1. The monoisotopic (exact) mass is 278 g/mol. The first kappa shape index (κ1) is 15.4. The summed E-state index contributed by atoms with van der Waals surface area (Å²) in [7, 11) is 0. The number of rotatable bonds is 6. The lowest BCUT2D eigenvalue weighted by molar-refractivity contribution is -0.384. The first-order valence-electron chi connectivity index (χ1n) is 5.90. The number of nitrogens with one attached hydrogen (secondary N) is 1. The summed E-state index contributed by atoms with van der Waals surface area (Å²) in [4.78, 5) is 32.2. The number of amides is 1. The second-order valence-corrected chi connectivity index (χ2v) is 3.99. The van der Waals surface area contributed by atoms with Crippen LogP contribution in [0.2, 0.25) is 0 Å². The van der Waals surface area contributed by atoms with E-state index >= 15 is 0 Å². The van der Waals surface area contributed by atoms with E-state index in [1.54, 1.807) is 6.92 Å². The Kier molecular flexibility index (Phi) is 5.40. The molecule has 0 aliphatic carbocycles. The molecule has 0 spiro atoms. The van der Waals surface area contributed by atoms with Crippen LogP contribution in [0.25, 0.3) is 6.08 Å². The van der Waals surface area contributed by atoms with Gasteiger partial charge in [-0.2, -0.15) is 0 Å². The topological polar surface area (TPSA) is 110 Å². The van der Waals surface area contributed by atoms with Crippen LogP contribution in [0.3, 0.4) is 0 Å². The van der Waals surface area contributed by atoms with Gasteiger partial charge in [-0.25, -0.2) is 4.79 Å². The van der Waals surface area contributed by atoms with Crippen molar-refractivity contribution in [3.05, 3.63) is 46.0 Å². The normalized spacial score (nSPS) is 12.1. The van der Waals surface area contributed by atoms with Gasteiger partial charge in [-0.05, 0) is 30.2 Å². The molecule has 0 radical (unpaired) electrons. The molecule has 0 heterocycles. The lowest BCUT2D eigenvalue weighted by atomic mass is 10.2. The van der Waals surface area contributed by atoms with E-state index < -0.39 is 22.8 Å². The zero-order valence-electron chi connectivity index (χ0n) is 10.8. The third-order valence-corrected chi connectivity index (χ3v) is 2.55. The van der Waals surface area contributed by atoms with Gasteiger partial charge in [0.15, 0.2) is 0 Å². The van der Waals surface area contributed by atoms with Crippen LogP contribution < -0.4 is 5.32 Å². The summed E-state index contributed by atoms with van der Waals surface area (Å²) >= 11 is 0. The molecule has 1 atom stereocenters. The Balaban J connectivity index is 2.65. The van der Waals surface area contributed by atoms with Crippen LogP contribution in [0, 0.1) is 10.1 Å². The van der Waals surface area contributed by atoms with Gasteiger partial charge in [0.2, 0.25) is 5.91 Å². The third-order valence-electron chi connectivity index (χ3n) is 2.55. The van der Waals surface area contributed by atoms with E-state index in [0.29, 0.717) is 5.56 Å². The minimum Gasteiger partial charge on any atom is -0.480 e. The van der Waals surface area contributed by atoms with Crippen molar-refractivity contribution in [3.63, 3.8) is 0 Å². The number of nitro benzene ring substituents is 1. The van der Waals surface area contributed by atoms with Gasteiger partial charge >= 0.3 is 5.97 Å². The third kappa shape index (κ3) is 4.52. The molecule has 1 amide bonds. The van der Waals surface area contributed by atoms with Crippen LogP contribution in [0.4, 0.5) is 5.69 Å². The average molecular weight is 278 g/mol. The average Bonchev–Trinajstić information content (AvgIpc) is 2.42. The maximum Gasteiger partial charge on any atom is 0.326 e. The van der Waals surface area contributed by atoms with Gasteiger partial charge < -0.3 is 10.4 Å². The molecule has 7 nitrogen and oxygen atoms in total. The fourth-order valence-corrected chi connectivity index (χ4v) is 1.44. The Bertz CT molecular complexity index is 536. The molecular formula is C13H14N2O5. The maximum absolute atomic E-state index is 11.5. The molecule has 106 valence electrons. The zero-order valence-corrected chi connectivity index (χ0v) is 10.8. The van der Waals surface area contributed by atoms with E-state index in [4.69, 9.17) is 5.11 Å². The molecule has 7 heteroatoms. The quantitative estimate of drug-likeness (QED) is 0.466. The molecule has 1 rings (SSSR count). The van der Waals surface area contributed by atoms with E-state index in [1.807, 2.05) is 0 Å². The van der Waals surface area contributed by atoms with Gasteiger partial charge in [-0.15, -0.1) is 0 Å². The number of nitrogens with zero attached hydrogens (tertiary/aromatic N) is 1. The Labute approximate surface area is 115 Å². The summed E-state index contributed by atoms with van der Waals surface area (Å²) in [5, 5.41) is 21.6. The molecule has 2 N–H and O–H groups in total. The number of carbonyl (C=O) groups is 2. The minimum absolute atomic E-state index is 0.0384. The summed E-state index contributed by atoms with van der Waals surface area (Å²) in [6.07, 6.45) is 2.92. The first-order valence-corrected chi connectivity index (χ1v) is 5.90. The predicted molar refractivity (Wildman–Crippen MR) is 72.0 cm³/mol. The molecular weight excluding hydrogens is 264 g/mol. The Hall–Kier alpha value is -2.70. The highest BCUT2D eigenvalue weighted by Gasteiger charge is 2.15. The molecule has 0 saturated carbocycles. The molecule has 0 aliphatic heterocycles. The number of carbonyl (C=O) groups excluding carboxylic acids is 1. The number of nitro groups is 1. The van der Waals surface area contributed by atoms with Gasteiger partial charge in [-0.3, -0.25) is 14.9 Å². The van der Waals surface area contributed by atoms with Crippen molar-refractivity contribution in [2.24, 2.45) is 0 Å². The lowest BCUT2D eigenvalue weighted by Crippen LogP contribution is -2.39. The van der Waals surface area contributed by atoms with Crippen molar-refractivity contribution >= 4 is 23.6 Å². The van der Waals surface area contributed by atoms with Crippen LogP contribution >= 0.6 is 0 Å². The molecule has 0 bridgehead atoms. The van der Waals surface area contributed by atoms with Gasteiger partial charge in [-0.1, -0.05) is 6.92 Å². The molecule has 20 heavy (non-hydrogen) atoms. The molecule has 0 fully saturated rings. The molecule has 1 aromatic carbocycles. The van der Waals surface area contributed by atoms with Crippen molar-refractivity contribution < 1.29 is 19.6 Å². The fourth-order valence-electron chi connectivity index (χ4n) is 1.44. The van der Waals surface area contributed by atoms with E-state index in [9.17, 15) is 19.7 Å². The Morgan fingerprint density at radius 3 is 2.45 bits per heavy atom. The van der Waals surface area contributed by atoms with E-state index in [-0.39, 0.29) is 12.1 Å². The van der Waals surface area contributed by atoms with Gasteiger partial charge in [0.05, 0.1) is 4.92 Å². The van der Waals surface area contributed by atoms with E-state index in [1.165, 1.54) is 36.4 Å². The number of hydrogen-bond donors (Lipinski definition) is 2. The standard InChI is InChI=1S/C13H14N2O5/c1-2-11(13(17)18)14-12(16)8-5-9-3-6-10(7-4-9)15(19)20/h3-8,11H,2H2,1H3,(H,14,16)(H,17,18)/t11-/m1/s1. The van der Waals surface area contributed by atoms with E-state index in [0.717, 1.165) is 0 Å². The summed E-state index contributed by atoms with van der Waals surface area (Å²) in [5.74, 6) is -1.62. The Morgan fingerprint density at radius 1 is 1.40 bits per heavy atom. The van der Waals surface area contributed by atoms with Crippen molar-refractivity contribution in [3.8, 4) is 0 Å². The largest absolute Gasteiger partial charge is 0.480 e. The van der Waals surface area contributed by atoms with Crippen molar-refractivity contribution in [2.75, 3.05) is 0 Å². The molecule has 0 saturated heterocycles. The van der Waals surface area contributed by atoms with Crippen molar-refractivity contribution in [1.82, 2.24) is 5.32 Å². The van der Waals surface area contributed by atoms with Gasteiger partial charge in [0, 0.05) is 18.2 Å². The number of aliphatic carboxylic acids is 1. The number of carboxylic acid groups (broad SMARTS) is 1. The smallest absolute Gasteiger partial charge is 0.326 e. The van der Waals surface area contributed by atoms with E-state index in [2.05, 4.69) is 5.32 Å². The molecule has 0 aromatic heterocycles. The number of hydrogen-bond acceptors (Lipinski definition) is 4. The SMILES string of the molecule is CC[C@@H](NC(=O)C=Cc1ccc([N+](=O)[O-])cc1)C(=O)O. The van der Waals surface area contributed by atoms with Crippen LogP contribution in [0.15, 0.2) is 30.3 Å². The second-order valence-electron chi connectivity index (χ2n) is 3.99. The van der Waals surface area contributed by atoms with Crippen LogP contribution in [0.1, 0.15) is 18.9 Å².